The molecule has 1 atom stereocenters. The zero-order valence-corrected chi connectivity index (χ0v) is 16.4. The van der Waals surface area contributed by atoms with Crippen molar-refractivity contribution < 1.29 is 18.0 Å². The molecule has 1 aliphatic heterocycles. The number of aromatic nitrogens is 3. The van der Waals surface area contributed by atoms with Gasteiger partial charge in [0.25, 0.3) is 5.91 Å². The summed E-state index contributed by atoms with van der Waals surface area (Å²) in [6.07, 6.45) is -0.328. The number of nitrogens with one attached hydrogen (secondary N) is 2. The number of halogens is 4. The van der Waals surface area contributed by atoms with Gasteiger partial charge in [-0.15, -0.1) is 12.4 Å². The Morgan fingerprint density at radius 2 is 2.07 bits per heavy atom. The Hall–Kier alpha value is -2.13. The lowest BCUT2D eigenvalue weighted by Gasteiger charge is -2.24. The summed E-state index contributed by atoms with van der Waals surface area (Å²) < 4.78 is 39.7. The lowest BCUT2D eigenvalue weighted by Crippen LogP contribution is -2.45. The normalized spacial score (nSPS) is 17.3. The van der Waals surface area contributed by atoms with E-state index in [4.69, 9.17) is 0 Å². The average Bonchev–Trinajstić information content (AvgIpc) is 3.07. The standard InChI is InChI=1S/C18H22F3N5O.ClH/c1-11(2)16-14(17(27)25-13-4-3-7-22-9-13)10-24-26(16)15-6-5-12(8-23-15)18(19,20)21;/h5-6,8,10-11,13,22H,3-4,7,9H2,1-2H3,(H,25,27);1H. The molecular formula is C18H23ClF3N5O. The molecule has 6 nitrogen and oxygen atoms in total. The highest BCUT2D eigenvalue weighted by molar-refractivity contribution is 5.95. The zero-order chi connectivity index (χ0) is 19.6. The van der Waals surface area contributed by atoms with Crippen molar-refractivity contribution in [3.8, 4) is 5.82 Å². The van der Waals surface area contributed by atoms with Gasteiger partial charge in [0, 0.05) is 18.8 Å². The van der Waals surface area contributed by atoms with Gasteiger partial charge >= 0.3 is 6.18 Å². The van der Waals surface area contributed by atoms with Crippen molar-refractivity contribution >= 4 is 18.3 Å². The van der Waals surface area contributed by atoms with E-state index in [1.807, 2.05) is 13.8 Å². The maximum absolute atomic E-state index is 12.7. The number of pyridine rings is 1. The Kier molecular flexibility index (Phi) is 7.06. The maximum Gasteiger partial charge on any atom is 0.417 e. The van der Waals surface area contributed by atoms with Crippen LogP contribution in [0.3, 0.4) is 0 Å². The van der Waals surface area contributed by atoms with Crippen LogP contribution in [0, 0.1) is 0 Å². The topological polar surface area (TPSA) is 71.8 Å². The van der Waals surface area contributed by atoms with E-state index in [0.717, 1.165) is 38.2 Å². The molecule has 0 bridgehead atoms. The SMILES string of the molecule is CC(C)c1c(C(=O)NC2CCCNC2)cnn1-c1ccc(C(F)(F)F)cn1.Cl. The van der Waals surface area contributed by atoms with Crippen LogP contribution in [0.1, 0.15) is 54.2 Å². The van der Waals surface area contributed by atoms with Crippen LogP contribution in [0.5, 0.6) is 0 Å². The van der Waals surface area contributed by atoms with Gasteiger partial charge in [0.2, 0.25) is 0 Å². The number of hydrogen-bond acceptors (Lipinski definition) is 4. The molecule has 10 heteroatoms. The highest BCUT2D eigenvalue weighted by Crippen LogP contribution is 2.29. The van der Waals surface area contributed by atoms with Gasteiger partial charge in [0.15, 0.2) is 5.82 Å². The Labute approximate surface area is 167 Å². The van der Waals surface area contributed by atoms with Crippen LogP contribution >= 0.6 is 12.4 Å². The third-order valence-electron chi connectivity index (χ3n) is 4.52. The minimum Gasteiger partial charge on any atom is -0.348 e. The first kappa shape index (κ1) is 22.2. The fourth-order valence-corrected chi connectivity index (χ4v) is 3.19. The summed E-state index contributed by atoms with van der Waals surface area (Å²) in [6.45, 7) is 5.46. The zero-order valence-electron chi connectivity index (χ0n) is 15.6. The summed E-state index contributed by atoms with van der Waals surface area (Å²) in [5.74, 6) is -0.0579. The molecule has 2 aromatic heterocycles. The molecule has 0 saturated carbocycles. The number of nitrogens with zero attached hydrogens (tertiary/aromatic N) is 3. The van der Waals surface area contributed by atoms with Crippen molar-refractivity contribution in [2.24, 2.45) is 0 Å². The maximum atomic E-state index is 12.7. The van der Waals surface area contributed by atoms with Gasteiger partial charge in [-0.1, -0.05) is 13.8 Å². The molecule has 0 spiro atoms. The first-order valence-corrected chi connectivity index (χ1v) is 8.90. The molecule has 3 heterocycles. The van der Waals surface area contributed by atoms with Gasteiger partial charge in [-0.05, 0) is 37.4 Å². The van der Waals surface area contributed by atoms with Gasteiger partial charge in [0.1, 0.15) is 0 Å². The Balaban J connectivity index is 0.00000280. The molecule has 1 saturated heterocycles. The monoisotopic (exact) mass is 417 g/mol. The summed E-state index contributed by atoms with van der Waals surface area (Å²) in [5.41, 5.74) is 0.202. The molecule has 1 aliphatic rings. The van der Waals surface area contributed by atoms with Crippen molar-refractivity contribution in [1.29, 1.82) is 0 Å². The lowest BCUT2D eigenvalue weighted by atomic mass is 10.0. The Morgan fingerprint density at radius 1 is 1.32 bits per heavy atom. The second-order valence-corrected chi connectivity index (χ2v) is 6.93. The first-order chi connectivity index (χ1) is 12.8. The van der Waals surface area contributed by atoms with Crippen LogP contribution < -0.4 is 10.6 Å². The lowest BCUT2D eigenvalue weighted by molar-refractivity contribution is -0.137. The van der Waals surface area contributed by atoms with Crippen molar-refractivity contribution in [3.05, 3.63) is 41.3 Å². The summed E-state index contributed by atoms with van der Waals surface area (Å²) in [7, 11) is 0. The highest BCUT2D eigenvalue weighted by Gasteiger charge is 2.31. The third-order valence-corrected chi connectivity index (χ3v) is 4.52. The highest BCUT2D eigenvalue weighted by atomic mass is 35.5. The van der Waals surface area contributed by atoms with Gasteiger partial charge in [0.05, 0.1) is 23.0 Å². The summed E-state index contributed by atoms with van der Waals surface area (Å²) in [4.78, 5) is 16.6. The van der Waals surface area contributed by atoms with E-state index in [1.165, 1.54) is 16.9 Å². The molecule has 2 aromatic rings. The van der Waals surface area contributed by atoms with Crippen LogP contribution in [0.4, 0.5) is 13.2 Å². The van der Waals surface area contributed by atoms with Crippen molar-refractivity contribution in [3.63, 3.8) is 0 Å². The van der Waals surface area contributed by atoms with Crippen molar-refractivity contribution in [2.75, 3.05) is 13.1 Å². The first-order valence-electron chi connectivity index (χ1n) is 8.90. The van der Waals surface area contributed by atoms with E-state index >= 15 is 0 Å². The minimum absolute atomic E-state index is 0. The quantitative estimate of drug-likeness (QED) is 0.800. The summed E-state index contributed by atoms with van der Waals surface area (Å²) in [6, 6.07) is 2.27. The fourth-order valence-electron chi connectivity index (χ4n) is 3.19. The van der Waals surface area contributed by atoms with Crippen molar-refractivity contribution in [2.45, 2.75) is 44.8 Å². The van der Waals surface area contributed by atoms with Crippen LogP contribution in [0.15, 0.2) is 24.5 Å². The molecule has 1 fully saturated rings. The van der Waals surface area contributed by atoms with Crippen LogP contribution in [0.2, 0.25) is 0 Å². The van der Waals surface area contributed by atoms with Crippen LogP contribution in [-0.2, 0) is 6.18 Å². The molecule has 1 amide bonds. The molecule has 28 heavy (non-hydrogen) atoms. The van der Waals surface area contributed by atoms with Gasteiger partial charge in [-0.25, -0.2) is 9.67 Å². The minimum atomic E-state index is -4.45. The predicted octanol–water partition coefficient (Wildman–Crippen LogP) is 3.31. The summed E-state index contributed by atoms with van der Waals surface area (Å²) in [5, 5.41) is 10.5. The van der Waals surface area contributed by atoms with Gasteiger partial charge in [-0.3, -0.25) is 4.79 Å². The van der Waals surface area contributed by atoms with E-state index in [2.05, 4.69) is 20.7 Å². The van der Waals surface area contributed by atoms with Crippen LogP contribution in [0.25, 0.3) is 5.82 Å². The smallest absolute Gasteiger partial charge is 0.348 e. The average molecular weight is 418 g/mol. The number of carbonyl (C=O) groups excluding carboxylic acids is 1. The molecule has 154 valence electrons. The van der Waals surface area contributed by atoms with E-state index in [-0.39, 0.29) is 36.1 Å². The van der Waals surface area contributed by atoms with E-state index < -0.39 is 11.7 Å². The number of carbonyl (C=O) groups is 1. The number of alkyl halides is 3. The van der Waals surface area contributed by atoms with E-state index in [0.29, 0.717) is 11.3 Å². The molecule has 0 aliphatic carbocycles. The molecule has 0 radical (unpaired) electrons. The molecule has 1 unspecified atom stereocenters. The third kappa shape index (κ3) is 4.82. The predicted molar refractivity (Wildman–Crippen MR) is 101 cm³/mol. The molecular weight excluding hydrogens is 395 g/mol. The van der Waals surface area contributed by atoms with Crippen molar-refractivity contribution in [1.82, 2.24) is 25.4 Å². The largest absolute Gasteiger partial charge is 0.417 e. The second-order valence-electron chi connectivity index (χ2n) is 6.93. The Morgan fingerprint density at radius 3 is 2.61 bits per heavy atom. The van der Waals surface area contributed by atoms with E-state index in [1.54, 1.807) is 0 Å². The number of piperidine rings is 1. The molecule has 3 rings (SSSR count). The number of amides is 1. The fraction of sp³-hybridized carbons (Fsp3) is 0.500. The Bertz CT molecular complexity index is 799. The van der Waals surface area contributed by atoms with E-state index in [9.17, 15) is 18.0 Å². The summed E-state index contributed by atoms with van der Waals surface area (Å²) >= 11 is 0. The number of rotatable bonds is 4. The molecule has 2 N–H and O–H groups in total. The second kappa shape index (κ2) is 8.91. The van der Waals surface area contributed by atoms with Gasteiger partial charge < -0.3 is 10.6 Å². The number of hydrogen-bond donors (Lipinski definition) is 2. The molecule has 0 aromatic carbocycles. The van der Waals surface area contributed by atoms with Crippen LogP contribution in [-0.4, -0.2) is 39.8 Å². The van der Waals surface area contributed by atoms with Gasteiger partial charge in [-0.2, -0.15) is 18.3 Å².